The minimum Gasteiger partial charge on any atom is -0.334 e. The molecule has 3 nitrogen and oxygen atoms in total. The van der Waals surface area contributed by atoms with Crippen LogP contribution < -0.4 is 5.73 Å². The number of hydrogen-bond donors (Lipinski definition) is 1. The van der Waals surface area contributed by atoms with Crippen LogP contribution in [0.25, 0.3) is 0 Å². The summed E-state index contributed by atoms with van der Waals surface area (Å²) in [6.45, 7) is 2.58. The van der Waals surface area contributed by atoms with Gasteiger partial charge in [-0.2, -0.15) is 0 Å². The summed E-state index contributed by atoms with van der Waals surface area (Å²) in [5.74, 6) is -0.601. The lowest BCUT2D eigenvalue weighted by molar-refractivity contribution is 0.0584. The molecule has 0 saturated carbocycles. The standard InChI is InChI=1S/C14H18ClFN2O/c1-9(17)13-4-2-3-7-18(13)14(19)11-6-5-10(16)8-12(11)15/h5-6,8-9,13H,2-4,7,17H2,1H3/t9-,13+/m0/s1. The third kappa shape index (κ3) is 3.07. The third-order valence-corrected chi connectivity index (χ3v) is 3.89. The lowest BCUT2D eigenvalue weighted by Crippen LogP contribution is -2.51. The van der Waals surface area contributed by atoms with Gasteiger partial charge in [0.1, 0.15) is 5.82 Å². The second-order valence-corrected chi connectivity index (χ2v) is 5.45. The number of carbonyl (C=O) groups is 1. The maximum atomic E-state index is 13.0. The molecule has 5 heteroatoms. The maximum absolute atomic E-state index is 13.0. The highest BCUT2D eigenvalue weighted by atomic mass is 35.5. The second kappa shape index (κ2) is 5.88. The molecule has 0 unspecified atom stereocenters. The molecule has 1 heterocycles. The zero-order chi connectivity index (χ0) is 14.0. The Morgan fingerprint density at radius 1 is 1.53 bits per heavy atom. The Labute approximate surface area is 117 Å². The fraction of sp³-hybridized carbons (Fsp3) is 0.500. The summed E-state index contributed by atoms with van der Waals surface area (Å²) in [5.41, 5.74) is 6.29. The quantitative estimate of drug-likeness (QED) is 0.908. The molecular formula is C14H18ClFN2O. The predicted molar refractivity (Wildman–Crippen MR) is 73.7 cm³/mol. The highest BCUT2D eigenvalue weighted by Crippen LogP contribution is 2.25. The number of piperidine rings is 1. The highest BCUT2D eigenvalue weighted by molar-refractivity contribution is 6.33. The number of amides is 1. The van der Waals surface area contributed by atoms with Crippen LogP contribution in [-0.2, 0) is 0 Å². The van der Waals surface area contributed by atoms with E-state index >= 15 is 0 Å². The molecule has 0 spiro atoms. The van der Waals surface area contributed by atoms with Crippen LogP contribution in [0.1, 0.15) is 36.5 Å². The largest absolute Gasteiger partial charge is 0.334 e. The van der Waals surface area contributed by atoms with Crippen LogP contribution >= 0.6 is 11.6 Å². The molecule has 0 aliphatic carbocycles. The lowest BCUT2D eigenvalue weighted by atomic mass is 9.96. The average Bonchev–Trinajstić information content (AvgIpc) is 2.38. The van der Waals surface area contributed by atoms with Crippen molar-refractivity contribution in [3.05, 3.63) is 34.6 Å². The topological polar surface area (TPSA) is 46.3 Å². The van der Waals surface area contributed by atoms with Gasteiger partial charge in [-0.05, 0) is 44.4 Å². The van der Waals surface area contributed by atoms with Crippen LogP contribution in [-0.4, -0.2) is 29.4 Å². The minimum absolute atomic E-state index is 0.0300. The van der Waals surface area contributed by atoms with Crippen LogP contribution in [0.15, 0.2) is 18.2 Å². The van der Waals surface area contributed by atoms with Gasteiger partial charge in [0.15, 0.2) is 0 Å². The summed E-state index contributed by atoms with van der Waals surface area (Å²) < 4.78 is 13.0. The molecule has 0 aromatic heterocycles. The van der Waals surface area contributed by atoms with Gasteiger partial charge in [-0.1, -0.05) is 11.6 Å². The number of benzene rings is 1. The molecular weight excluding hydrogens is 267 g/mol. The summed E-state index contributed by atoms with van der Waals surface area (Å²) in [5, 5.41) is 0.152. The Balaban J connectivity index is 2.26. The molecule has 104 valence electrons. The second-order valence-electron chi connectivity index (χ2n) is 5.04. The smallest absolute Gasteiger partial charge is 0.255 e. The van der Waals surface area contributed by atoms with Crippen LogP contribution in [0, 0.1) is 5.82 Å². The van der Waals surface area contributed by atoms with Crippen molar-refractivity contribution in [3.8, 4) is 0 Å². The van der Waals surface area contributed by atoms with E-state index in [4.69, 9.17) is 17.3 Å². The Morgan fingerprint density at radius 3 is 2.89 bits per heavy atom. The first-order valence-electron chi connectivity index (χ1n) is 6.52. The van der Waals surface area contributed by atoms with Gasteiger partial charge in [0, 0.05) is 18.6 Å². The summed E-state index contributed by atoms with van der Waals surface area (Å²) in [7, 11) is 0. The molecule has 2 rings (SSSR count). The van der Waals surface area contributed by atoms with E-state index in [-0.39, 0.29) is 23.0 Å². The highest BCUT2D eigenvalue weighted by Gasteiger charge is 2.30. The molecule has 0 radical (unpaired) electrons. The van der Waals surface area contributed by atoms with Crippen molar-refractivity contribution in [2.45, 2.75) is 38.3 Å². The molecule has 0 bridgehead atoms. The molecule has 2 N–H and O–H groups in total. The monoisotopic (exact) mass is 284 g/mol. The van der Waals surface area contributed by atoms with E-state index in [1.54, 1.807) is 4.90 Å². The molecule has 1 amide bonds. The van der Waals surface area contributed by atoms with Crippen molar-refractivity contribution in [1.29, 1.82) is 0 Å². The fourth-order valence-electron chi connectivity index (χ4n) is 2.57. The van der Waals surface area contributed by atoms with Crippen LogP contribution in [0.5, 0.6) is 0 Å². The van der Waals surface area contributed by atoms with E-state index < -0.39 is 5.82 Å². The van der Waals surface area contributed by atoms with Gasteiger partial charge in [0.25, 0.3) is 5.91 Å². The van der Waals surface area contributed by atoms with Gasteiger partial charge in [-0.3, -0.25) is 4.79 Å². The van der Waals surface area contributed by atoms with Crippen molar-refractivity contribution < 1.29 is 9.18 Å². The van der Waals surface area contributed by atoms with E-state index in [9.17, 15) is 9.18 Å². The summed E-state index contributed by atoms with van der Waals surface area (Å²) in [6, 6.07) is 3.81. The van der Waals surface area contributed by atoms with Gasteiger partial charge >= 0.3 is 0 Å². The zero-order valence-corrected chi connectivity index (χ0v) is 11.7. The van der Waals surface area contributed by atoms with E-state index in [1.165, 1.54) is 18.2 Å². The molecule has 1 saturated heterocycles. The van der Waals surface area contributed by atoms with Crippen molar-refractivity contribution in [2.24, 2.45) is 5.73 Å². The Morgan fingerprint density at radius 2 is 2.26 bits per heavy atom. The third-order valence-electron chi connectivity index (χ3n) is 3.58. The van der Waals surface area contributed by atoms with Gasteiger partial charge in [0.05, 0.1) is 10.6 Å². The van der Waals surface area contributed by atoms with E-state index in [0.717, 1.165) is 19.3 Å². The number of halogens is 2. The van der Waals surface area contributed by atoms with Crippen LogP contribution in [0.2, 0.25) is 5.02 Å². The van der Waals surface area contributed by atoms with E-state index in [2.05, 4.69) is 0 Å². The lowest BCUT2D eigenvalue weighted by Gasteiger charge is -2.38. The van der Waals surface area contributed by atoms with Crippen molar-refractivity contribution in [1.82, 2.24) is 4.90 Å². The zero-order valence-electron chi connectivity index (χ0n) is 10.9. The average molecular weight is 285 g/mol. The van der Waals surface area contributed by atoms with Gasteiger partial charge in [0.2, 0.25) is 0 Å². The fourth-order valence-corrected chi connectivity index (χ4v) is 2.82. The first kappa shape index (κ1) is 14.3. The molecule has 19 heavy (non-hydrogen) atoms. The van der Waals surface area contributed by atoms with Crippen LogP contribution in [0.4, 0.5) is 4.39 Å². The summed E-state index contributed by atoms with van der Waals surface area (Å²) >= 11 is 5.95. The minimum atomic E-state index is -0.441. The number of rotatable bonds is 2. The van der Waals surface area contributed by atoms with Crippen molar-refractivity contribution in [3.63, 3.8) is 0 Å². The van der Waals surface area contributed by atoms with Crippen molar-refractivity contribution in [2.75, 3.05) is 6.54 Å². The molecule has 1 aliphatic rings. The number of hydrogen-bond acceptors (Lipinski definition) is 2. The first-order valence-corrected chi connectivity index (χ1v) is 6.90. The molecule has 1 aromatic rings. The van der Waals surface area contributed by atoms with E-state index in [1.807, 2.05) is 6.92 Å². The normalized spacial score (nSPS) is 21.3. The Bertz CT molecular complexity index is 479. The predicted octanol–water partition coefficient (Wildman–Crippen LogP) is 2.82. The molecule has 2 atom stereocenters. The Kier molecular flexibility index (Phi) is 4.42. The van der Waals surface area contributed by atoms with Gasteiger partial charge in [-0.25, -0.2) is 4.39 Å². The summed E-state index contributed by atoms with van der Waals surface area (Å²) in [6.07, 6.45) is 2.95. The van der Waals surface area contributed by atoms with Crippen molar-refractivity contribution >= 4 is 17.5 Å². The molecule has 1 aromatic carbocycles. The number of carbonyl (C=O) groups excluding carboxylic acids is 1. The van der Waals surface area contributed by atoms with Gasteiger partial charge in [-0.15, -0.1) is 0 Å². The summed E-state index contributed by atoms with van der Waals surface area (Å²) in [4.78, 5) is 14.3. The Hall–Kier alpha value is -1.13. The number of nitrogens with zero attached hydrogens (tertiary/aromatic N) is 1. The van der Waals surface area contributed by atoms with E-state index in [0.29, 0.717) is 12.1 Å². The van der Waals surface area contributed by atoms with Gasteiger partial charge < -0.3 is 10.6 Å². The molecule has 1 aliphatic heterocycles. The maximum Gasteiger partial charge on any atom is 0.255 e. The molecule has 1 fully saturated rings. The number of nitrogens with two attached hydrogens (primary N) is 1. The van der Waals surface area contributed by atoms with Crippen LogP contribution in [0.3, 0.4) is 0 Å². The number of likely N-dealkylation sites (tertiary alicyclic amines) is 1. The SMILES string of the molecule is C[C@H](N)[C@H]1CCCCN1C(=O)c1ccc(F)cc1Cl. The first-order chi connectivity index (χ1) is 9.00.